The van der Waals surface area contributed by atoms with Gasteiger partial charge in [0.2, 0.25) is 0 Å². The molecule has 0 spiro atoms. The Bertz CT molecular complexity index is 932. The van der Waals surface area contributed by atoms with E-state index in [0.717, 1.165) is 38.9 Å². The number of fused-ring (bicyclic) bond motifs is 3. The van der Waals surface area contributed by atoms with E-state index in [-0.39, 0.29) is 24.9 Å². The van der Waals surface area contributed by atoms with Gasteiger partial charge in [0.15, 0.2) is 13.1 Å². The van der Waals surface area contributed by atoms with Crippen LogP contribution in [0.25, 0.3) is 21.9 Å². The molecule has 1 unspecified atom stereocenters. The van der Waals surface area contributed by atoms with Crippen LogP contribution in [0.2, 0.25) is 0 Å². The summed E-state index contributed by atoms with van der Waals surface area (Å²) in [6.45, 7) is 3.17. The molecule has 0 saturated heterocycles. The molecule has 6 nitrogen and oxygen atoms in total. The first-order chi connectivity index (χ1) is 12.6. The van der Waals surface area contributed by atoms with Crippen LogP contribution in [0.5, 0.6) is 0 Å². The second-order valence-corrected chi connectivity index (χ2v) is 6.52. The Morgan fingerprint density at radius 2 is 1.73 bits per heavy atom. The Hall–Kier alpha value is -2.86. The first-order valence-corrected chi connectivity index (χ1v) is 8.86. The van der Waals surface area contributed by atoms with Gasteiger partial charge in [0.05, 0.1) is 7.05 Å². The average molecular weight is 354 g/mol. The van der Waals surface area contributed by atoms with Gasteiger partial charge in [0.1, 0.15) is 11.2 Å². The summed E-state index contributed by atoms with van der Waals surface area (Å²) in [7, 11) is 1.83. The highest BCUT2D eigenvalue weighted by atomic mass is 16.3. The number of quaternary nitrogens is 1. The first kappa shape index (κ1) is 17.9. The molecule has 0 aliphatic heterocycles. The van der Waals surface area contributed by atoms with Crippen molar-refractivity contribution in [3.05, 3.63) is 42.5 Å². The number of anilines is 1. The van der Waals surface area contributed by atoms with Crippen LogP contribution < -0.4 is 15.5 Å². The van der Waals surface area contributed by atoms with E-state index in [2.05, 4.69) is 10.6 Å². The molecule has 3 N–H and O–H groups in total. The SMILES string of the molecule is CCCNC(=O)C[NH+](C)CC(=O)Nc1ccc2oc3ccccc3c2c1. The van der Waals surface area contributed by atoms with Gasteiger partial charge in [-0.05, 0) is 30.7 Å². The molecular formula is C20H24N3O3+. The molecule has 0 bridgehead atoms. The van der Waals surface area contributed by atoms with Crippen molar-refractivity contribution < 1.29 is 18.9 Å². The third-order valence-corrected chi connectivity index (χ3v) is 4.16. The van der Waals surface area contributed by atoms with Crippen LogP contribution >= 0.6 is 0 Å². The van der Waals surface area contributed by atoms with Crippen molar-refractivity contribution in [1.82, 2.24) is 5.32 Å². The summed E-state index contributed by atoms with van der Waals surface area (Å²) >= 11 is 0. The highest BCUT2D eigenvalue weighted by molar-refractivity contribution is 6.06. The zero-order valence-corrected chi connectivity index (χ0v) is 15.1. The van der Waals surface area contributed by atoms with Gasteiger partial charge in [-0.3, -0.25) is 9.59 Å². The number of hydrogen-bond donors (Lipinski definition) is 3. The summed E-state index contributed by atoms with van der Waals surface area (Å²) in [6.07, 6.45) is 0.899. The third kappa shape index (κ3) is 4.21. The lowest BCUT2D eigenvalue weighted by atomic mass is 10.1. The van der Waals surface area contributed by atoms with Gasteiger partial charge in [-0.25, -0.2) is 0 Å². The molecule has 2 aromatic carbocycles. The summed E-state index contributed by atoms with van der Waals surface area (Å²) in [4.78, 5) is 24.8. The Labute approximate surface area is 152 Å². The van der Waals surface area contributed by atoms with Crippen LogP contribution in [0.15, 0.2) is 46.9 Å². The fourth-order valence-electron chi connectivity index (χ4n) is 2.95. The molecule has 136 valence electrons. The summed E-state index contributed by atoms with van der Waals surface area (Å²) < 4.78 is 5.79. The molecule has 3 aromatic rings. The predicted molar refractivity (Wildman–Crippen MR) is 102 cm³/mol. The molecule has 1 heterocycles. The maximum absolute atomic E-state index is 12.3. The maximum Gasteiger partial charge on any atom is 0.279 e. The van der Waals surface area contributed by atoms with Gasteiger partial charge in [0.25, 0.3) is 11.8 Å². The van der Waals surface area contributed by atoms with Gasteiger partial charge < -0.3 is 20.0 Å². The van der Waals surface area contributed by atoms with E-state index in [9.17, 15) is 9.59 Å². The van der Waals surface area contributed by atoms with Crippen molar-refractivity contribution in [2.45, 2.75) is 13.3 Å². The molecule has 1 aromatic heterocycles. The van der Waals surface area contributed by atoms with Crippen molar-refractivity contribution in [2.24, 2.45) is 0 Å². The van der Waals surface area contributed by atoms with E-state index in [4.69, 9.17) is 4.42 Å². The van der Waals surface area contributed by atoms with E-state index < -0.39 is 0 Å². The van der Waals surface area contributed by atoms with Gasteiger partial charge >= 0.3 is 0 Å². The molecule has 26 heavy (non-hydrogen) atoms. The van der Waals surface area contributed by atoms with Crippen molar-refractivity contribution in [1.29, 1.82) is 0 Å². The number of para-hydroxylation sites is 1. The molecule has 2 amide bonds. The first-order valence-electron chi connectivity index (χ1n) is 8.86. The number of carbonyl (C=O) groups excluding carboxylic acids is 2. The largest absolute Gasteiger partial charge is 0.456 e. The lowest BCUT2D eigenvalue weighted by Gasteiger charge is -2.13. The fourth-order valence-corrected chi connectivity index (χ4v) is 2.95. The molecule has 0 aliphatic carbocycles. The summed E-state index contributed by atoms with van der Waals surface area (Å²) in [6, 6.07) is 13.4. The Morgan fingerprint density at radius 3 is 2.54 bits per heavy atom. The highest BCUT2D eigenvalue weighted by Gasteiger charge is 2.14. The van der Waals surface area contributed by atoms with Crippen LogP contribution in [0.1, 0.15) is 13.3 Å². The van der Waals surface area contributed by atoms with E-state index in [1.807, 2.05) is 56.4 Å². The normalized spacial score (nSPS) is 12.2. The summed E-state index contributed by atoms with van der Waals surface area (Å²) in [5.41, 5.74) is 2.34. The van der Waals surface area contributed by atoms with E-state index >= 15 is 0 Å². The van der Waals surface area contributed by atoms with Crippen molar-refractivity contribution >= 4 is 39.4 Å². The zero-order valence-electron chi connectivity index (χ0n) is 15.1. The number of amides is 2. The van der Waals surface area contributed by atoms with Gasteiger partial charge in [0, 0.05) is 23.0 Å². The minimum absolute atomic E-state index is 0.0385. The lowest BCUT2D eigenvalue weighted by molar-refractivity contribution is -0.862. The molecule has 0 radical (unpaired) electrons. The van der Waals surface area contributed by atoms with Crippen molar-refractivity contribution in [2.75, 3.05) is 32.0 Å². The smallest absolute Gasteiger partial charge is 0.279 e. The van der Waals surface area contributed by atoms with Crippen LogP contribution in [0.4, 0.5) is 5.69 Å². The highest BCUT2D eigenvalue weighted by Crippen LogP contribution is 2.30. The maximum atomic E-state index is 12.3. The zero-order chi connectivity index (χ0) is 18.5. The number of benzene rings is 2. The molecular weight excluding hydrogens is 330 g/mol. The standard InChI is InChI=1S/C20H23N3O3/c1-3-10-21-19(24)12-23(2)13-20(25)22-14-8-9-18-16(11-14)15-6-4-5-7-17(15)26-18/h4-9,11H,3,10,12-13H2,1-2H3,(H,21,24)(H,22,25)/p+1. The number of rotatable bonds is 7. The van der Waals surface area contributed by atoms with Crippen LogP contribution in [0.3, 0.4) is 0 Å². The third-order valence-electron chi connectivity index (χ3n) is 4.16. The lowest BCUT2D eigenvalue weighted by Crippen LogP contribution is -3.11. The monoisotopic (exact) mass is 354 g/mol. The van der Waals surface area contributed by atoms with Crippen LogP contribution in [-0.2, 0) is 9.59 Å². The fraction of sp³-hybridized carbons (Fsp3) is 0.300. The second-order valence-electron chi connectivity index (χ2n) is 6.52. The Morgan fingerprint density at radius 1 is 1.00 bits per heavy atom. The number of hydrogen-bond acceptors (Lipinski definition) is 3. The molecule has 3 rings (SSSR count). The summed E-state index contributed by atoms with van der Waals surface area (Å²) in [5, 5.41) is 7.71. The van der Waals surface area contributed by atoms with E-state index in [1.54, 1.807) is 0 Å². The van der Waals surface area contributed by atoms with Gasteiger partial charge in [-0.2, -0.15) is 0 Å². The quantitative estimate of drug-likeness (QED) is 0.603. The molecule has 0 saturated carbocycles. The van der Waals surface area contributed by atoms with Gasteiger partial charge in [-0.1, -0.05) is 25.1 Å². The topological polar surface area (TPSA) is 75.8 Å². The number of nitrogens with one attached hydrogen (secondary N) is 3. The molecule has 6 heteroatoms. The number of furan rings is 1. The molecule has 0 aliphatic rings. The summed E-state index contributed by atoms with van der Waals surface area (Å²) in [5.74, 6) is -0.165. The van der Waals surface area contributed by atoms with E-state index in [1.165, 1.54) is 0 Å². The Kier molecular flexibility index (Phi) is 5.53. The van der Waals surface area contributed by atoms with Crippen LogP contribution in [0, 0.1) is 0 Å². The minimum atomic E-state index is -0.127. The van der Waals surface area contributed by atoms with Gasteiger partial charge in [-0.15, -0.1) is 0 Å². The average Bonchev–Trinajstić information content (AvgIpc) is 2.97. The predicted octanol–water partition coefficient (Wildman–Crippen LogP) is 1.57. The number of likely N-dealkylation sites (N-methyl/N-ethyl adjacent to an activating group) is 1. The van der Waals surface area contributed by atoms with Crippen molar-refractivity contribution in [3.8, 4) is 0 Å². The minimum Gasteiger partial charge on any atom is -0.456 e. The second kappa shape index (κ2) is 8.01. The van der Waals surface area contributed by atoms with Crippen molar-refractivity contribution in [3.63, 3.8) is 0 Å². The Balaban J connectivity index is 1.63. The van der Waals surface area contributed by atoms with E-state index in [0.29, 0.717) is 6.54 Å². The number of carbonyl (C=O) groups is 2. The van der Waals surface area contributed by atoms with Crippen LogP contribution in [-0.4, -0.2) is 38.5 Å². The molecule has 0 fully saturated rings. The molecule has 1 atom stereocenters.